The molecule has 5 nitrogen and oxygen atoms in total. The lowest BCUT2D eigenvalue weighted by Crippen LogP contribution is -2.24. The van der Waals surface area contributed by atoms with E-state index >= 15 is 0 Å². The van der Waals surface area contributed by atoms with Crippen molar-refractivity contribution >= 4 is 40.1 Å². The lowest BCUT2D eigenvalue weighted by atomic mass is 10.1. The summed E-state index contributed by atoms with van der Waals surface area (Å²) < 4.78 is 5.55. The number of amides is 2. The Morgan fingerprint density at radius 2 is 2.11 bits per heavy atom. The average Bonchev–Trinajstić information content (AvgIpc) is 3.20. The van der Waals surface area contributed by atoms with Gasteiger partial charge in [0.25, 0.3) is 5.91 Å². The zero-order valence-electron chi connectivity index (χ0n) is 14.9. The van der Waals surface area contributed by atoms with Gasteiger partial charge in [-0.15, -0.1) is 0 Å². The number of hydrogen-bond acceptors (Lipinski definition) is 3. The molecule has 6 heteroatoms. The van der Waals surface area contributed by atoms with Crippen LogP contribution in [0.5, 0.6) is 0 Å². The molecule has 1 aromatic heterocycles. The zero-order chi connectivity index (χ0) is 19.0. The normalized spacial score (nSPS) is 14.1. The molecule has 27 heavy (non-hydrogen) atoms. The Hall–Kier alpha value is -2.79. The maximum atomic E-state index is 12.7. The molecule has 2 amide bonds. The van der Waals surface area contributed by atoms with Gasteiger partial charge in [0.05, 0.1) is 5.02 Å². The van der Waals surface area contributed by atoms with Gasteiger partial charge in [0.2, 0.25) is 5.91 Å². The van der Waals surface area contributed by atoms with Crippen molar-refractivity contribution in [3.8, 4) is 0 Å². The summed E-state index contributed by atoms with van der Waals surface area (Å²) in [6, 6.07) is 12.7. The molecule has 0 aliphatic carbocycles. The van der Waals surface area contributed by atoms with Gasteiger partial charge in [-0.3, -0.25) is 9.59 Å². The van der Waals surface area contributed by atoms with Crippen molar-refractivity contribution in [1.82, 2.24) is 4.90 Å². The number of anilines is 1. The lowest BCUT2D eigenvalue weighted by molar-refractivity contribution is -0.128. The van der Waals surface area contributed by atoms with E-state index in [9.17, 15) is 9.59 Å². The Kier molecular flexibility index (Phi) is 4.62. The molecule has 0 bridgehead atoms. The van der Waals surface area contributed by atoms with Crippen LogP contribution < -0.4 is 5.32 Å². The highest BCUT2D eigenvalue weighted by Crippen LogP contribution is 2.30. The van der Waals surface area contributed by atoms with Crippen LogP contribution in [0.15, 0.2) is 46.9 Å². The fourth-order valence-corrected chi connectivity index (χ4v) is 3.68. The summed E-state index contributed by atoms with van der Waals surface area (Å²) in [7, 11) is 0. The quantitative estimate of drug-likeness (QED) is 0.707. The molecule has 3 aromatic rings. The molecule has 1 N–H and O–H groups in total. The van der Waals surface area contributed by atoms with E-state index in [0.29, 0.717) is 34.8 Å². The van der Waals surface area contributed by atoms with Gasteiger partial charge in [-0.05, 0) is 49.2 Å². The summed E-state index contributed by atoms with van der Waals surface area (Å²) >= 11 is 6.26. The number of furan rings is 1. The number of aryl methyl sites for hydroxylation is 1. The van der Waals surface area contributed by atoms with E-state index in [1.54, 1.807) is 12.1 Å². The molecule has 2 aromatic carbocycles. The number of carbonyl (C=O) groups is 2. The number of likely N-dealkylation sites (tertiary alicyclic amines) is 1. The molecule has 1 saturated heterocycles. The van der Waals surface area contributed by atoms with E-state index in [1.807, 2.05) is 42.2 Å². The van der Waals surface area contributed by atoms with Gasteiger partial charge in [-0.1, -0.05) is 23.7 Å². The monoisotopic (exact) mass is 382 g/mol. The van der Waals surface area contributed by atoms with Crippen molar-refractivity contribution in [3.05, 3.63) is 64.4 Å². The first-order chi connectivity index (χ1) is 13.0. The number of hydrogen-bond donors (Lipinski definition) is 1. The number of nitrogens with zero attached hydrogens (tertiary/aromatic N) is 1. The van der Waals surface area contributed by atoms with Gasteiger partial charge < -0.3 is 14.6 Å². The Morgan fingerprint density at radius 1 is 1.26 bits per heavy atom. The van der Waals surface area contributed by atoms with Crippen LogP contribution in [0, 0.1) is 6.92 Å². The Labute approximate surface area is 161 Å². The van der Waals surface area contributed by atoms with Crippen LogP contribution in [0.2, 0.25) is 5.02 Å². The highest BCUT2D eigenvalue weighted by atomic mass is 35.5. The van der Waals surface area contributed by atoms with E-state index in [0.717, 1.165) is 29.7 Å². The SMILES string of the molecule is Cc1cc2cc(NC(=O)c3cccc(CN4CCCC4=O)c3)cc(Cl)c2o1. The Bertz CT molecular complexity index is 1040. The van der Waals surface area contributed by atoms with Crippen LogP contribution in [0.1, 0.15) is 34.5 Å². The van der Waals surface area contributed by atoms with Crippen molar-refractivity contribution in [2.75, 3.05) is 11.9 Å². The summed E-state index contributed by atoms with van der Waals surface area (Å²) in [6.07, 6.45) is 1.51. The largest absolute Gasteiger partial charge is 0.460 e. The first-order valence-electron chi connectivity index (χ1n) is 8.87. The third kappa shape index (κ3) is 3.69. The minimum absolute atomic E-state index is 0.170. The number of rotatable bonds is 4. The number of benzene rings is 2. The smallest absolute Gasteiger partial charge is 0.255 e. The second-order valence-electron chi connectivity index (χ2n) is 6.81. The molecule has 1 fully saturated rings. The molecule has 138 valence electrons. The van der Waals surface area contributed by atoms with Crippen molar-refractivity contribution in [2.24, 2.45) is 0 Å². The third-order valence-corrected chi connectivity index (χ3v) is 4.97. The van der Waals surface area contributed by atoms with E-state index in [-0.39, 0.29) is 11.8 Å². The topological polar surface area (TPSA) is 62.6 Å². The molecule has 0 radical (unpaired) electrons. The minimum Gasteiger partial charge on any atom is -0.460 e. The van der Waals surface area contributed by atoms with Gasteiger partial charge in [0.15, 0.2) is 5.58 Å². The maximum absolute atomic E-state index is 12.7. The van der Waals surface area contributed by atoms with Gasteiger partial charge in [-0.25, -0.2) is 0 Å². The first kappa shape index (κ1) is 17.6. The number of nitrogens with one attached hydrogen (secondary N) is 1. The van der Waals surface area contributed by atoms with E-state index in [2.05, 4.69) is 5.32 Å². The number of fused-ring (bicyclic) bond motifs is 1. The van der Waals surface area contributed by atoms with Crippen molar-refractivity contribution in [1.29, 1.82) is 0 Å². The molecule has 0 spiro atoms. The van der Waals surface area contributed by atoms with Crippen LogP contribution >= 0.6 is 11.6 Å². The molecule has 4 rings (SSSR count). The van der Waals surface area contributed by atoms with Crippen LogP contribution in [-0.4, -0.2) is 23.3 Å². The fourth-order valence-electron chi connectivity index (χ4n) is 3.42. The standard InChI is InChI=1S/C21H19ClN2O3/c1-13-8-16-10-17(11-18(22)20(16)27-13)23-21(26)15-5-2-4-14(9-15)12-24-7-3-6-19(24)25/h2,4-5,8-11H,3,6-7,12H2,1H3,(H,23,26). The van der Waals surface area contributed by atoms with Gasteiger partial charge >= 0.3 is 0 Å². The highest BCUT2D eigenvalue weighted by molar-refractivity contribution is 6.35. The van der Waals surface area contributed by atoms with E-state index in [4.69, 9.17) is 16.0 Å². The lowest BCUT2D eigenvalue weighted by Gasteiger charge is -2.16. The number of halogens is 1. The molecular weight excluding hydrogens is 364 g/mol. The van der Waals surface area contributed by atoms with Crippen LogP contribution in [-0.2, 0) is 11.3 Å². The average molecular weight is 383 g/mol. The van der Waals surface area contributed by atoms with Crippen LogP contribution in [0.3, 0.4) is 0 Å². The molecule has 0 atom stereocenters. The molecule has 0 unspecified atom stereocenters. The summed E-state index contributed by atoms with van der Waals surface area (Å²) in [5, 5.41) is 4.18. The van der Waals surface area contributed by atoms with Gasteiger partial charge in [-0.2, -0.15) is 0 Å². The molecule has 2 heterocycles. The van der Waals surface area contributed by atoms with Gasteiger partial charge in [0.1, 0.15) is 5.76 Å². The summed E-state index contributed by atoms with van der Waals surface area (Å²) in [5.74, 6) is 0.711. The van der Waals surface area contributed by atoms with Crippen molar-refractivity contribution in [3.63, 3.8) is 0 Å². The maximum Gasteiger partial charge on any atom is 0.255 e. The summed E-state index contributed by atoms with van der Waals surface area (Å²) in [4.78, 5) is 26.3. The van der Waals surface area contributed by atoms with E-state index < -0.39 is 0 Å². The van der Waals surface area contributed by atoms with Crippen molar-refractivity contribution < 1.29 is 14.0 Å². The summed E-state index contributed by atoms with van der Waals surface area (Å²) in [5.41, 5.74) is 2.71. The molecular formula is C21H19ClN2O3. The molecule has 1 aliphatic rings. The third-order valence-electron chi connectivity index (χ3n) is 4.69. The van der Waals surface area contributed by atoms with Gasteiger partial charge in [0, 0.05) is 36.1 Å². The Balaban J connectivity index is 1.53. The van der Waals surface area contributed by atoms with Crippen LogP contribution in [0.25, 0.3) is 11.0 Å². The van der Waals surface area contributed by atoms with E-state index in [1.165, 1.54) is 0 Å². The minimum atomic E-state index is -0.222. The first-order valence-corrected chi connectivity index (χ1v) is 9.25. The van der Waals surface area contributed by atoms with Crippen molar-refractivity contribution in [2.45, 2.75) is 26.3 Å². The zero-order valence-corrected chi connectivity index (χ0v) is 15.7. The second-order valence-corrected chi connectivity index (χ2v) is 7.21. The summed E-state index contributed by atoms with van der Waals surface area (Å²) in [6.45, 7) is 3.16. The molecule has 1 aliphatic heterocycles. The molecule has 0 saturated carbocycles. The fraction of sp³-hybridized carbons (Fsp3) is 0.238. The number of carbonyl (C=O) groups excluding carboxylic acids is 2. The predicted octanol–water partition coefficient (Wildman–Crippen LogP) is 4.77. The highest BCUT2D eigenvalue weighted by Gasteiger charge is 2.20. The van der Waals surface area contributed by atoms with Crippen LogP contribution in [0.4, 0.5) is 5.69 Å². The second kappa shape index (κ2) is 7.08. The predicted molar refractivity (Wildman–Crippen MR) is 105 cm³/mol. The Morgan fingerprint density at radius 3 is 2.89 bits per heavy atom.